The Bertz CT molecular complexity index is 8.00. The van der Waals surface area contributed by atoms with Gasteiger partial charge in [0.2, 0.25) is 0 Å². The molecule has 0 saturated carbocycles. The maximum absolute atomic E-state index is 4.25. The van der Waals surface area contributed by atoms with Gasteiger partial charge in [0.05, 0.1) is 0 Å². The Kier molecular flexibility index (Phi) is 70.6. The molecular weight excluding hydrogens is 337 g/mol. The van der Waals surface area contributed by atoms with E-state index in [1.807, 2.05) is 0 Å². The van der Waals surface area contributed by atoms with E-state index < -0.39 is 0 Å². The van der Waals surface area contributed by atoms with Crippen LogP contribution in [0, 0.1) is 0 Å². The number of rotatable bonds is 0. The van der Waals surface area contributed by atoms with E-state index in [0.717, 1.165) is 23.7 Å². The van der Waals surface area contributed by atoms with E-state index in [-0.39, 0.29) is 43.1 Å². The first-order valence-electron chi connectivity index (χ1n) is 0.289. The van der Waals surface area contributed by atoms with Gasteiger partial charge in [0.1, 0.15) is 0 Å². The van der Waals surface area contributed by atoms with E-state index in [0.29, 0.717) is 0 Å². The predicted molar refractivity (Wildman–Crippen MR) is 14.7 cm³/mol. The van der Waals surface area contributed by atoms with E-state index in [2.05, 4.69) is 8.65 Å². The summed E-state index contributed by atoms with van der Waals surface area (Å²) in [4.78, 5) is 0. The van der Waals surface area contributed by atoms with Crippen molar-refractivity contribution < 1.29 is 43.2 Å². The molecule has 0 aromatic rings. The Morgan fingerprint density at radius 2 is 1.25 bits per heavy atom. The third-order valence-electron chi connectivity index (χ3n) is 0. The molecular formula is HCdSTeZn. The Morgan fingerprint density at radius 3 is 1.25 bits per heavy atom. The average molecular weight is 338 g/mol. The van der Waals surface area contributed by atoms with Crippen LogP contribution in [0.25, 0.3) is 0 Å². The third kappa shape index (κ3) is 8.82. The first-order chi connectivity index (χ1) is 1.00. The SMILES string of the molecule is [S]=[Cd].[TeH].[Zn]. The summed E-state index contributed by atoms with van der Waals surface area (Å²) in [5.74, 6) is 0. The summed E-state index contributed by atoms with van der Waals surface area (Å²) in [6.07, 6.45) is 0. The topological polar surface area (TPSA) is 0 Å². The molecule has 0 aliphatic heterocycles. The maximum Gasteiger partial charge on any atom is 0 e. The number of hydrogen-bond acceptors (Lipinski definition) is 1. The summed E-state index contributed by atoms with van der Waals surface area (Å²) in [6, 6.07) is 0. The van der Waals surface area contributed by atoms with Crippen LogP contribution in [-0.4, -0.2) is 23.7 Å². The maximum atomic E-state index is 4.25. The van der Waals surface area contributed by atoms with Crippen LogP contribution in [-0.2, 0) is 43.2 Å². The van der Waals surface area contributed by atoms with Crippen LogP contribution in [0.15, 0.2) is 0 Å². The molecule has 0 aliphatic carbocycles. The normalized spacial score (nSPS) is 1.50. The molecule has 0 nitrogen and oxygen atoms in total. The van der Waals surface area contributed by atoms with Crippen molar-refractivity contribution in [3.8, 4) is 0 Å². The molecule has 0 aromatic heterocycles. The van der Waals surface area contributed by atoms with Crippen molar-refractivity contribution in [2.24, 2.45) is 0 Å². The van der Waals surface area contributed by atoms with Crippen molar-refractivity contribution in [2.45, 2.75) is 0 Å². The van der Waals surface area contributed by atoms with Gasteiger partial charge >= 0.3 is 56.0 Å². The largest absolute Gasteiger partial charge is 0 e. The van der Waals surface area contributed by atoms with Crippen LogP contribution in [0.1, 0.15) is 0 Å². The molecule has 0 N–H and O–H groups in total. The van der Waals surface area contributed by atoms with Crippen molar-refractivity contribution in [3.05, 3.63) is 0 Å². The molecule has 1 radical (unpaired) electrons. The van der Waals surface area contributed by atoms with Gasteiger partial charge in [-0.2, -0.15) is 0 Å². The van der Waals surface area contributed by atoms with Gasteiger partial charge in [-0.3, -0.25) is 0 Å². The third-order valence-corrected chi connectivity index (χ3v) is 0. The molecule has 0 heterocycles. The Balaban J connectivity index is -0.00000000500. The van der Waals surface area contributed by atoms with Gasteiger partial charge in [-0.15, -0.1) is 0 Å². The van der Waals surface area contributed by atoms with Crippen LogP contribution in [0.2, 0.25) is 0 Å². The molecule has 0 saturated heterocycles. The van der Waals surface area contributed by atoms with Gasteiger partial charge in [-0.25, -0.2) is 0 Å². The number of hydrogen-bond donors (Lipinski definition) is 0. The van der Waals surface area contributed by atoms with Crippen LogP contribution in [0.4, 0.5) is 0 Å². The molecule has 4 heteroatoms. The molecule has 0 spiro atoms. The minimum Gasteiger partial charge on any atom is 0 e. The fourth-order valence-corrected chi connectivity index (χ4v) is 0. The van der Waals surface area contributed by atoms with Gasteiger partial charge < -0.3 is 0 Å². The van der Waals surface area contributed by atoms with Gasteiger partial charge in [0.25, 0.3) is 0 Å². The van der Waals surface area contributed by atoms with Crippen molar-refractivity contribution in [3.63, 3.8) is 0 Å². The molecule has 4 heavy (non-hydrogen) atoms. The molecule has 17 valence electrons. The zero-order chi connectivity index (χ0) is 2.00. The van der Waals surface area contributed by atoms with Gasteiger partial charge in [0.15, 0.2) is 0 Å². The Morgan fingerprint density at radius 1 is 1.25 bits per heavy atom. The summed E-state index contributed by atoms with van der Waals surface area (Å²) in [7, 11) is 4.25. The second kappa shape index (κ2) is 17.7. The monoisotopic (exact) mass is 341 g/mol. The second-order valence-electron chi connectivity index (χ2n) is 0. The van der Waals surface area contributed by atoms with Gasteiger partial charge in [-0.05, 0) is 0 Å². The first-order valence-corrected chi connectivity index (χ1v) is 5.81. The molecule has 0 atom stereocenters. The fraction of sp³-hybridized carbons (Fsp3) is 0. The summed E-state index contributed by atoms with van der Waals surface area (Å²) in [5.41, 5.74) is 0. The van der Waals surface area contributed by atoms with Crippen molar-refractivity contribution >= 4 is 32.3 Å². The Labute approximate surface area is 74.1 Å². The molecule has 0 unspecified atom stereocenters. The summed E-state index contributed by atoms with van der Waals surface area (Å²) in [5, 5.41) is 0. The predicted octanol–water partition coefficient (Wildman–Crippen LogP) is -0.00530. The minimum atomic E-state index is 0. The molecule has 0 aliphatic rings. The zero-order valence-corrected chi connectivity index (χ0v) is 12.6. The summed E-state index contributed by atoms with van der Waals surface area (Å²) >= 11 is 0.733. The van der Waals surface area contributed by atoms with Crippen molar-refractivity contribution in [1.29, 1.82) is 0 Å². The van der Waals surface area contributed by atoms with Gasteiger partial charge in [0, 0.05) is 19.5 Å². The molecule has 0 aromatic carbocycles. The second-order valence-corrected chi connectivity index (χ2v) is 0. The van der Waals surface area contributed by atoms with Crippen LogP contribution < -0.4 is 0 Å². The average Bonchev–Trinajstić information content (AvgIpc) is 1.00. The smallest absolute Gasteiger partial charge is 0 e. The molecule has 0 bridgehead atoms. The summed E-state index contributed by atoms with van der Waals surface area (Å²) in [6.45, 7) is 0. The minimum absolute atomic E-state index is 0. The quantitative estimate of drug-likeness (QED) is 0.560. The van der Waals surface area contributed by atoms with E-state index in [1.54, 1.807) is 0 Å². The van der Waals surface area contributed by atoms with E-state index in [9.17, 15) is 0 Å². The van der Waals surface area contributed by atoms with E-state index in [4.69, 9.17) is 0 Å². The zero-order valence-electron chi connectivity index (χ0n) is 2.27. The van der Waals surface area contributed by atoms with Gasteiger partial charge in [-0.1, -0.05) is 0 Å². The van der Waals surface area contributed by atoms with Crippen LogP contribution in [0.3, 0.4) is 0 Å². The van der Waals surface area contributed by atoms with Crippen LogP contribution >= 0.6 is 8.65 Å². The van der Waals surface area contributed by atoms with Crippen LogP contribution in [0.5, 0.6) is 0 Å². The van der Waals surface area contributed by atoms with E-state index >= 15 is 0 Å². The standard InChI is InChI=1S/Cd.S.HTe.Zn/h;;1H;. The van der Waals surface area contributed by atoms with E-state index in [1.165, 1.54) is 0 Å². The molecule has 0 amide bonds. The Hall–Kier alpha value is 2.56. The van der Waals surface area contributed by atoms with Crippen molar-refractivity contribution in [1.82, 2.24) is 0 Å². The van der Waals surface area contributed by atoms with Crippen molar-refractivity contribution in [2.75, 3.05) is 0 Å². The molecule has 0 fully saturated rings. The summed E-state index contributed by atoms with van der Waals surface area (Å²) < 4.78 is 0. The fourth-order valence-electron chi connectivity index (χ4n) is 0. The first kappa shape index (κ1) is 16.0. The molecule has 0 rings (SSSR count).